The molecule has 0 aliphatic heterocycles. The third kappa shape index (κ3) is 16.8. The van der Waals surface area contributed by atoms with Gasteiger partial charge in [0.05, 0.1) is 12.6 Å². The Morgan fingerprint density at radius 1 is 1.29 bits per heavy atom. The van der Waals surface area contributed by atoms with Crippen LogP contribution in [-0.2, 0) is 13.4 Å². The van der Waals surface area contributed by atoms with Crippen LogP contribution in [0, 0.1) is 0 Å². The van der Waals surface area contributed by atoms with Gasteiger partial charge in [-0.05, 0) is 9.13 Å². The van der Waals surface area contributed by atoms with Crippen molar-refractivity contribution in [2.45, 2.75) is 0 Å². The molecule has 8 nitrogen and oxygen atoms in total. The van der Waals surface area contributed by atoms with Crippen molar-refractivity contribution in [1.29, 1.82) is 0 Å². The summed E-state index contributed by atoms with van der Waals surface area (Å²) >= 11 is 0. The van der Waals surface area contributed by atoms with E-state index in [0.29, 0.717) is 0 Å². The molecule has 0 saturated carbocycles. The zero-order valence-electron chi connectivity index (χ0n) is 9.16. The third-order valence-electron chi connectivity index (χ3n) is 0.897. The van der Waals surface area contributed by atoms with Crippen LogP contribution in [0.2, 0.25) is 0 Å². The predicted octanol–water partition coefficient (Wildman–Crippen LogP) is -6.08. The minimum Gasteiger partial charge on any atom is -0.563 e. The van der Waals surface area contributed by atoms with E-state index in [2.05, 4.69) is 9.29 Å². The number of hydrogen-bond acceptors (Lipinski definition) is 7. The Morgan fingerprint density at radius 2 is 1.82 bits per heavy atom. The Balaban J connectivity index is -0.000000208. The summed E-state index contributed by atoms with van der Waals surface area (Å²) in [6.45, 7) is 0. The van der Waals surface area contributed by atoms with Gasteiger partial charge in [-0.25, -0.2) is 4.98 Å². The van der Waals surface area contributed by atoms with E-state index in [1.54, 1.807) is 23.3 Å². The van der Waals surface area contributed by atoms with Gasteiger partial charge in [0, 0.05) is 18.6 Å². The zero-order chi connectivity index (χ0) is 11.7. The molecule has 0 spiro atoms. The van der Waals surface area contributed by atoms with Crippen LogP contribution < -0.4 is 68.9 Å². The van der Waals surface area contributed by atoms with Crippen LogP contribution in [0.4, 0.5) is 0 Å². The molecular formula is C5H6N2Na2O6P2+2. The maximum Gasteiger partial charge on any atom is 1.00 e. The van der Waals surface area contributed by atoms with E-state index in [1.807, 2.05) is 0 Å². The van der Waals surface area contributed by atoms with Gasteiger partial charge in [-0.1, -0.05) is 0 Å². The molecule has 1 aromatic heterocycles. The van der Waals surface area contributed by atoms with Gasteiger partial charge in [0.1, 0.15) is 4.31 Å². The monoisotopic (exact) mass is 298 g/mol. The Hall–Kier alpha value is 0.830. The molecule has 0 aromatic carbocycles. The number of nitrogens with zero attached hydrogens (tertiary/aromatic N) is 2. The largest absolute Gasteiger partial charge is 1.00 e. The van der Waals surface area contributed by atoms with Crippen LogP contribution in [0.3, 0.4) is 0 Å². The standard InChI is InChI=1S/C5H6N2O.2Na.O5P2/c8-4-3-7-2-1-6-5-7;;;1-6(2)5-7(3)4/h1-5,8H;;;/q;2*+1;. The summed E-state index contributed by atoms with van der Waals surface area (Å²) in [5.41, 5.74) is 0. The van der Waals surface area contributed by atoms with Crippen molar-refractivity contribution in [1.82, 2.24) is 9.55 Å². The molecule has 1 heterocycles. The Labute approximate surface area is 143 Å². The van der Waals surface area contributed by atoms with Crippen LogP contribution in [0.5, 0.6) is 0 Å². The van der Waals surface area contributed by atoms with Gasteiger partial charge in [-0.2, -0.15) is 0 Å². The molecule has 0 bridgehead atoms. The van der Waals surface area contributed by atoms with E-state index in [4.69, 9.17) is 5.11 Å². The van der Waals surface area contributed by atoms with Gasteiger partial charge in [-0.15, -0.1) is 0 Å². The molecule has 17 heavy (non-hydrogen) atoms. The molecule has 82 valence electrons. The van der Waals surface area contributed by atoms with Gasteiger partial charge in [0.25, 0.3) is 0 Å². The van der Waals surface area contributed by atoms with Crippen molar-refractivity contribution in [3.63, 3.8) is 0 Å². The summed E-state index contributed by atoms with van der Waals surface area (Å²) < 4.78 is 23.3. The number of imidazole rings is 1. The molecular weight excluding hydrogens is 292 g/mol. The number of aliphatic hydroxyl groups excluding tert-OH is 1. The summed E-state index contributed by atoms with van der Waals surface area (Å²) in [7, 11) is -6.47. The van der Waals surface area contributed by atoms with Crippen molar-refractivity contribution in [2.24, 2.45) is 0 Å². The first-order chi connectivity index (χ1) is 7.06. The van der Waals surface area contributed by atoms with E-state index in [0.717, 1.165) is 6.26 Å². The first-order valence-corrected chi connectivity index (χ1v) is 5.50. The normalized spacial score (nSPS) is 10.5. The Bertz CT molecular complexity index is 334. The molecule has 1 aromatic rings. The molecule has 1 N–H and O–H groups in total. The van der Waals surface area contributed by atoms with Crippen LogP contribution in [0.15, 0.2) is 25.0 Å². The molecule has 1 rings (SSSR count). The smallest absolute Gasteiger partial charge is 0.563 e. The van der Waals surface area contributed by atoms with Gasteiger partial charge in [-0.3, -0.25) is 0 Å². The van der Waals surface area contributed by atoms with E-state index in [9.17, 15) is 18.9 Å². The Kier molecular flexibility index (Phi) is 20.1. The minimum atomic E-state index is -3.24. The number of aliphatic hydroxyl groups is 1. The predicted molar refractivity (Wildman–Crippen MR) is 46.5 cm³/mol. The van der Waals surface area contributed by atoms with Gasteiger partial charge >= 0.3 is 75.6 Å². The fourth-order valence-corrected chi connectivity index (χ4v) is 0.924. The van der Waals surface area contributed by atoms with Crippen LogP contribution in [0.1, 0.15) is 0 Å². The molecule has 12 heteroatoms. The third-order valence-corrected chi connectivity index (χ3v) is 1.96. The van der Waals surface area contributed by atoms with Gasteiger partial charge < -0.3 is 19.5 Å². The fraction of sp³-hybridized carbons (Fsp3) is 0. The van der Waals surface area contributed by atoms with E-state index < -0.39 is 16.5 Å². The molecule has 0 fully saturated rings. The van der Waals surface area contributed by atoms with E-state index in [-0.39, 0.29) is 59.1 Å². The van der Waals surface area contributed by atoms with E-state index >= 15 is 0 Å². The molecule has 2 unspecified atom stereocenters. The average molecular weight is 298 g/mol. The fourth-order valence-electron chi connectivity index (χ4n) is 0.489. The summed E-state index contributed by atoms with van der Waals surface area (Å²) in [4.78, 5) is 22.2. The topological polar surface area (TPSA) is 128 Å². The first-order valence-electron chi connectivity index (χ1n) is 3.31. The SMILES string of the molecule is O=[P+]([O-])O[P+](=O)[O-].OC=Cn1ccnc1.[Na+].[Na+]. The summed E-state index contributed by atoms with van der Waals surface area (Å²) in [5.74, 6) is 0. The molecule has 0 saturated heterocycles. The quantitative estimate of drug-likeness (QED) is 0.334. The number of rotatable bonds is 3. The van der Waals surface area contributed by atoms with Crippen molar-refractivity contribution in [3.8, 4) is 0 Å². The summed E-state index contributed by atoms with van der Waals surface area (Å²) in [5, 5.41) is 8.21. The second kappa shape index (κ2) is 14.9. The number of hydrogen-bond donors (Lipinski definition) is 1. The van der Waals surface area contributed by atoms with Crippen molar-refractivity contribution in [3.05, 3.63) is 25.0 Å². The maximum absolute atomic E-state index is 9.24. The zero-order valence-corrected chi connectivity index (χ0v) is 15.0. The van der Waals surface area contributed by atoms with Gasteiger partial charge in [0.15, 0.2) is 0 Å². The van der Waals surface area contributed by atoms with Crippen molar-refractivity contribution < 1.29 is 87.4 Å². The molecule has 0 amide bonds. The van der Waals surface area contributed by atoms with Crippen molar-refractivity contribution in [2.75, 3.05) is 0 Å². The molecule has 0 radical (unpaired) electrons. The number of aromatic nitrogens is 2. The molecule has 0 aliphatic carbocycles. The van der Waals surface area contributed by atoms with Crippen LogP contribution >= 0.6 is 16.5 Å². The Morgan fingerprint density at radius 3 is 2.06 bits per heavy atom. The second-order valence-electron chi connectivity index (χ2n) is 1.84. The summed E-state index contributed by atoms with van der Waals surface area (Å²) in [6.07, 6.45) is 7.41. The minimum absolute atomic E-state index is 0. The first kappa shape index (κ1) is 23.0. The second-order valence-corrected chi connectivity index (χ2v) is 3.38. The average Bonchev–Trinajstić information content (AvgIpc) is 2.55. The molecule has 0 aliphatic rings. The summed E-state index contributed by atoms with van der Waals surface area (Å²) in [6, 6.07) is 0. The molecule has 2 atom stereocenters. The van der Waals surface area contributed by atoms with Crippen LogP contribution in [-0.4, -0.2) is 14.7 Å². The van der Waals surface area contributed by atoms with E-state index in [1.165, 1.54) is 6.20 Å². The maximum atomic E-state index is 9.24. The van der Waals surface area contributed by atoms with Crippen molar-refractivity contribution >= 4 is 22.7 Å². The van der Waals surface area contributed by atoms with Gasteiger partial charge in [0.2, 0.25) is 0 Å². The van der Waals surface area contributed by atoms with Crippen LogP contribution in [0.25, 0.3) is 6.20 Å².